The van der Waals surface area contributed by atoms with Crippen LogP contribution in [0.5, 0.6) is 5.75 Å². The maximum atomic E-state index is 12.2. The molecule has 1 aromatic heterocycles. The van der Waals surface area contributed by atoms with Gasteiger partial charge in [0.15, 0.2) is 15.5 Å². The number of anilines is 1. The molecule has 0 atom stereocenters. The van der Waals surface area contributed by atoms with E-state index in [1.54, 1.807) is 60.3 Å². The standard InChI is InChI=1S/C23H25N3O6S/c1-3-31-23(28)21-14-15-26(25-21)18-8-6-17(7-9-18)24-22(27)5-4-16-32-19-10-12-20(13-11-19)33(2,29)30/h6-15H,3-5,16H2,1-2H3,(H,24,27). The Hall–Kier alpha value is -3.66. The van der Waals surface area contributed by atoms with Crippen molar-refractivity contribution in [3.63, 3.8) is 0 Å². The summed E-state index contributed by atoms with van der Waals surface area (Å²) in [4.78, 5) is 24.1. The first-order valence-electron chi connectivity index (χ1n) is 10.3. The zero-order chi connectivity index (χ0) is 23.8. The minimum Gasteiger partial charge on any atom is -0.494 e. The van der Waals surface area contributed by atoms with Gasteiger partial charge in [-0.3, -0.25) is 4.79 Å². The van der Waals surface area contributed by atoms with E-state index in [-0.39, 0.29) is 29.5 Å². The molecule has 3 rings (SSSR count). The topological polar surface area (TPSA) is 117 Å². The summed E-state index contributed by atoms with van der Waals surface area (Å²) in [6.07, 6.45) is 3.58. The lowest BCUT2D eigenvalue weighted by Crippen LogP contribution is -2.13. The van der Waals surface area contributed by atoms with E-state index in [1.807, 2.05) is 0 Å². The summed E-state index contributed by atoms with van der Waals surface area (Å²) in [5.41, 5.74) is 1.60. The SMILES string of the molecule is CCOC(=O)c1ccn(-c2ccc(NC(=O)CCCOc3ccc(S(C)(=O)=O)cc3)cc2)n1. The first-order chi connectivity index (χ1) is 15.8. The van der Waals surface area contributed by atoms with E-state index in [0.29, 0.717) is 24.5 Å². The van der Waals surface area contributed by atoms with Crippen molar-refractivity contribution in [3.8, 4) is 11.4 Å². The number of nitrogens with one attached hydrogen (secondary N) is 1. The van der Waals surface area contributed by atoms with Crippen LogP contribution in [-0.4, -0.2) is 49.5 Å². The minimum absolute atomic E-state index is 0.150. The molecule has 0 aliphatic heterocycles. The summed E-state index contributed by atoms with van der Waals surface area (Å²) in [6.45, 7) is 2.34. The summed E-state index contributed by atoms with van der Waals surface area (Å²) < 4.78 is 35.0. The maximum absolute atomic E-state index is 12.2. The highest BCUT2D eigenvalue weighted by molar-refractivity contribution is 7.90. The molecule has 33 heavy (non-hydrogen) atoms. The molecule has 1 N–H and O–H groups in total. The lowest BCUT2D eigenvalue weighted by molar-refractivity contribution is -0.116. The number of hydrogen-bond acceptors (Lipinski definition) is 7. The van der Waals surface area contributed by atoms with Gasteiger partial charge in [-0.15, -0.1) is 0 Å². The van der Waals surface area contributed by atoms with Gasteiger partial charge in [-0.05, 0) is 67.9 Å². The Labute approximate surface area is 192 Å². The minimum atomic E-state index is -3.24. The Morgan fingerprint density at radius 2 is 1.73 bits per heavy atom. The lowest BCUT2D eigenvalue weighted by atomic mass is 10.2. The molecule has 10 heteroatoms. The van der Waals surface area contributed by atoms with Crippen molar-refractivity contribution in [2.75, 3.05) is 24.8 Å². The molecule has 1 heterocycles. The van der Waals surface area contributed by atoms with Gasteiger partial charge in [0.25, 0.3) is 0 Å². The predicted molar refractivity (Wildman–Crippen MR) is 122 cm³/mol. The normalized spacial score (nSPS) is 11.1. The van der Waals surface area contributed by atoms with Crippen LogP contribution in [-0.2, 0) is 19.4 Å². The van der Waals surface area contributed by atoms with Crippen LogP contribution in [0.2, 0.25) is 0 Å². The largest absolute Gasteiger partial charge is 0.494 e. The third-order valence-corrected chi connectivity index (χ3v) is 5.69. The van der Waals surface area contributed by atoms with Crippen LogP contribution in [0.25, 0.3) is 5.69 Å². The van der Waals surface area contributed by atoms with E-state index in [2.05, 4.69) is 10.4 Å². The number of esters is 1. The fraction of sp³-hybridized carbons (Fsp3) is 0.261. The Kier molecular flexibility index (Phi) is 7.83. The number of sulfone groups is 1. The number of amides is 1. The Morgan fingerprint density at radius 3 is 2.36 bits per heavy atom. The molecule has 0 fully saturated rings. The van der Waals surface area contributed by atoms with Crippen molar-refractivity contribution >= 4 is 27.4 Å². The van der Waals surface area contributed by atoms with Gasteiger partial charge in [0.05, 0.1) is 23.8 Å². The van der Waals surface area contributed by atoms with Crippen LogP contribution >= 0.6 is 0 Å². The number of ether oxygens (including phenoxy) is 2. The van der Waals surface area contributed by atoms with Crippen LogP contribution in [0.4, 0.5) is 5.69 Å². The second-order valence-electron chi connectivity index (χ2n) is 7.16. The molecule has 2 aromatic carbocycles. The van der Waals surface area contributed by atoms with Gasteiger partial charge in [0.1, 0.15) is 5.75 Å². The molecular weight excluding hydrogens is 446 g/mol. The maximum Gasteiger partial charge on any atom is 0.358 e. The van der Waals surface area contributed by atoms with Crippen LogP contribution in [0.1, 0.15) is 30.3 Å². The zero-order valence-corrected chi connectivity index (χ0v) is 19.2. The number of nitrogens with zero attached hydrogens (tertiary/aromatic N) is 2. The highest BCUT2D eigenvalue weighted by Gasteiger charge is 2.11. The van der Waals surface area contributed by atoms with Crippen molar-refractivity contribution < 1.29 is 27.5 Å². The highest BCUT2D eigenvalue weighted by Crippen LogP contribution is 2.17. The van der Waals surface area contributed by atoms with E-state index < -0.39 is 15.8 Å². The van der Waals surface area contributed by atoms with Gasteiger partial charge < -0.3 is 14.8 Å². The van der Waals surface area contributed by atoms with Crippen molar-refractivity contribution in [1.29, 1.82) is 0 Å². The smallest absolute Gasteiger partial charge is 0.358 e. The summed E-state index contributed by atoms with van der Waals surface area (Å²) in [6, 6.07) is 14.8. The number of hydrogen-bond donors (Lipinski definition) is 1. The molecule has 0 spiro atoms. The molecule has 0 unspecified atom stereocenters. The second kappa shape index (κ2) is 10.8. The van der Waals surface area contributed by atoms with Gasteiger partial charge in [-0.25, -0.2) is 17.9 Å². The first kappa shape index (κ1) is 24.0. The molecule has 0 saturated heterocycles. The Morgan fingerprint density at radius 1 is 1.03 bits per heavy atom. The predicted octanol–water partition coefficient (Wildman–Crippen LogP) is 3.25. The first-order valence-corrected chi connectivity index (χ1v) is 12.2. The third-order valence-electron chi connectivity index (χ3n) is 4.56. The molecule has 1 amide bonds. The van der Waals surface area contributed by atoms with E-state index >= 15 is 0 Å². The van der Waals surface area contributed by atoms with E-state index in [1.165, 1.54) is 12.1 Å². The molecule has 0 bridgehead atoms. The molecule has 0 saturated carbocycles. The van der Waals surface area contributed by atoms with E-state index in [9.17, 15) is 18.0 Å². The third kappa shape index (κ3) is 6.91. The fourth-order valence-electron chi connectivity index (χ4n) is 2.91. The lowest BCUT2D eigenvalue weighted by Gasteiger charge is -2.08. The summed E-state index contributed by atoms with van der Waals surface area (Å²) in [7, 11) is -3.24. The van der Waals surface area contributed by atoms with Gasteiger partial charge >= 0.3 is 5.97 Å². The number of carbonyl (C=O) groups excluding carboxylic acids is 2. The van der Waals surface area contributed by atoms with Crippen LogP contribution in [0.3, 0.4) is 0 Å². The van der Waals surface area contributed by atoms with Crippen molar-refractivity contribution in [2.45, 2.75) is 24.7 Å². The van der Waals surface area contributed by atoms with E-state index in [4.69, 9.17) is 9.47 Å². The summed E-state index contributed by atoms with van der Waals surface area (Å²) >= 11 is 0. The van der Waals surface area contributed by atoms with Crippen LogP contribution < -0.4 is 10.1 Å². The summed E-state index contributed by atoms with van der Waals surface area (Å²) in [5, 5.41) is 7.01. The molecular formula is C23H25N3O6S. The quantitative estimate of drug-likeness (QED) is 0.356. The second-order valence-corrected chi connectivity index (χ2v) is 9.17. The number of aromatic nitrogens is 2. The van der Waals surface area contributed by atoms with Crippen molar-refractivity contribution in [3.05, 3.63) is 66.5 Å². The molecule has 0 aliphatic carbocycles. The van der Waals surface area contributed by atoms with E-state index in [0.717, 1.165) is 11.9 Å². The van der Waals surface area contributed by atoms with Crippen LogP contribution in [0, 0.1) is 0 Å². The Bertz CT molecular complexity index is 1200. The fourth-order valence-corrected chi connectivity index (χ4v) is 3.54. The molecule has 174 valence electrons. The number of carbonyl (C=O) groups is 2. The van der Waals surface area contributed by atoms with Gasteiger partial charge in [-0.2, -0.15) is 5.10 Å². The highest BCUT2D eigenvalue weighted by atomic mass is 32.2. The van der Waals surface area contributed by atoms with Gasteiger partial charge in [0, 0.05) is 24.6 Å². The van der Waals surface area contributed by atoms with Crippen LogP contribution in [0.15, 0.2) is 65.7 Å². The monoisotopic (exact) mass is 471 g/mol. The van der Waals surface area contributed by atoms with Gasteiger partial charge in [0.2, 0.25) is 5.91 Å². The van der Waals surface area contributed by atoms with Crippen molar-refractivity contribution in [1.82, 2.24) is 9.78 Å². The molecule has 9 nitrogen and oxygen atoms in total. The van der Waals surface area contributed by atoms with Gasteiger partial charge in [-0.1, -0.05) is 0 Å². The molecule has 0 radical (unpaired) electrons. The summed E-state index contributed by atoms with van der Waals surface area (Å²) in [5.74, 6) is -0.0828. The molecule has 0 aliphatic rings. The zero-order valence-electron chi connectivity index (χ0n) is 18.4. The Balaban J connectivity index is 1.44. The average molecular weight is 472 g/mol. The average Bonchev–Trinajstić information content (AvgIpc) is 3.28. The molecule has 3 aromatic rings. The number of benzene rings is 2. The number of rotatable bonds is 10. The van der Waals surface area contributed by atoms with Crippen molar-refractivity contribution in [2.24, 2.45) is 0 Å².